The van der Waals surface area contributed by atoms with Gasteiger partial charge in [0.15, 0.2) is 0 Å². The van der Waals surface area contributed by atoms with Gasteiger partial charge in [0.1, 0.15) is 15.5 Å². The van der Waals surface area contributed by atoms with Gasteiger partial charge in [0.2, 0.25) is 10.0 Å². The SMILES string of the molecule is COc1ccccc1NC(=O)c1sccc1S(=O)(=O)N1CCc2ccccc2C1. The zero-order chi connectivity index (χ0) is 20.4. The molecule has 0 bridgehead atoms. The molecule has 0 unspecified atom stereocenters. The third-order valence-electron chi connectivity index (χ3n) is 4.90. The summed E-state index contributed by atoms with van der Waals surface area (Å²) in [6, 6.07) is 16.3. The molecule has 6 nitrogen and oxygen atoms in total. The number of carbonyl (C=O) groups is 1. The molecule has 150 valence electrons. The van der Waals surface area contributed by atoms with Gasteiger partial charge in [0.25, 0.3) is 5.91 Å². The average Bonchev–Trinajstić information content (AvgIpc) is 3.25. The molecule has 4 rings (SSSR count). The lowest BCUT2D eigenvalue weighted by Gasteiger charge is -2.28. The Morgan fingerprint density at radius 2 is 1.79 bits per heavy atom. The van der Waals surface area contributed by atoms with E-state index in [1.165, 1.54) is 23.0 Å². The average molecular weight is 429 g/mol. The van der Waals surface area contributed by atoms with Gasteiger partial charge in [-0.15, -0.1) is 11.3 Å². The number of sulfonamides is 1. The summed E-state index contributed by atoms with van der Waals surface area (Å²) in [5, 5.41) is 4.39. The van der Waals surface area contributed by atoms with Gasteiger partial charge in [-0.05, 0) is 41.1 Å². The van der Waals surface area contributed by atoms with Crippen molar-refractivity contribution < 1.29 is 17.9 Å². The molecule has 1 aliphatic heterocycles. The number of thiophene rings is 1. The number of methoxy groups -OCH3 is 1. The molecule has 1 N–H and O–H groups in total. The molecule has 8 heteroatoms. The van der Waals surface area contributed by atoms with Crippen LogP contribution in [0.15, 0.2) is 64.9 Å². The lowest BCUT2D eigenvalue weighted by atomic mass is 10.0. The number of para-hydroxylation sites is 2. The van der Waals surface area contributed by atoms with E-state index in [2.05, 4.69) is 5.32 Å². The van der Waals surface area contributed by atoms with E-state index in [0.29, 0.717) is 30.9 Å². The van der Waals surface area contributed by atoms with Crippen molar-refractivity contribution in [3.05, 3.63) is 76.0 Å². The summed E-state index contributed by atoms with van der Waals surface area (Å²) in [6.07, 6.45) is 0.655. The van der Waals surface area contributed by atoms with Gasteiger partial charge in [0.05, 0.1) is 12.8 Å². The van der Waals surface area contributed by atoms with Gasteiger partial charge >= 0.3 is 0 Å². The lowest BCUT2D eigenvalue weighted by Crippen LogP contribution is -2.36. The predicted molar refractivity (Wildman–Crippen MR) is 113 cm³/mol. The van der Waals surface area contributed by atoms with Crippen molar-refractivity contribution in [1.82, 2.24) is 4.31 Å². The van der Waals surface area contributed by atoms with E-state index in [1.54, 1.807) is 29.6 Å². The molecule has 0 atom stereocenters. The first-order valence-corrected chi connectivity index (χ1v) is 11.4. The Labute approximate surface area is 173 Å². The summed E-state index contributed by atoms with van der Waals surface area (Å²) in [5.41, 5.74) is 2.65. The van der Waals surface area contributed by atoms with Crippen molar-refractivity contribution in [1.29, 1.82) is 0 Å². The maximum atomic E-state index is 13.3. The molecule has 0 fully saturated rings. The van der Waals surface area contributed by atoms with Gasteiger partial charge in [-0.3, -0.25) is 4.79 Å². The molecule has 1 aromatic heterocycles. The van der Waals surface area contributed by atoms with Gasteiger partial charge in [0, 0.05) is 13.1 Å². The Kier molecular flexibility index (Phi) is 5.40. The lowest BCUT2D eigenvalue weighted by molar-refractivity contribution is 0.102. The molecule has 2 aromatic carbocycles. The molecular formula is C21H20N2O4S2. The summed E-state index contributed by atoms with van der Waals surface area (Å²) in [4.78, 5) is 13.1. The first-order valence-electron chi connectivity index (χ1n) is 9.09. The van der Waals surface area contributed by atoms with Gasteiger partial charge in [-0.2, -0.15) is 4.31 Å². The van der Waals surface area contributed by atoms with E-state index in [1.807, 2.05) is 24.3 Å². The maximum Gasteiger partial charge on any atom is 0.267 e. The number of amides is 1. The maximum absolute atomic E-state index is 13.3. The monoisotopic (exact) mass is 428 g/mol. The summed E-state index contributed by atoms with van der Waals surface area (Å²) in [7, 11) is -2.28. The zero-order valence-electron chi connectivity index (χ0n) is 15.8. The fourth-order valence-corrected chi connectivity index (χ4v) is 6.12. The topological polar surface area (TPSA) is 75.7 Å². The number of fused-ring (bicyclic) bond motifs is 1. The van der Waals surface area contributed by atoms with Crippen LogP contribution in [-0.2, 0) is 23.0 Å². The Morgan fingerprint density at radius 3 is 2.59 bits per heavy atom. The Morgan fingerprint density at radius 1 is 1.07 bits per heavy atom. The summed E-state index contributed by atoms with van der Waals surface area (Å²) in [6.45, 7) is 0.699. The number of hydrogen-bond donors (Lipinski definition) is 1. The van der Waals surface area contributed by atoms with E-state index in [4.69, 9.17) is 4.74 Å². The molecule has 0 spiro atoms. The summed E-state index contributed by atoms with van der Waals surface area (Å²) >= 11 is 1.11. The number of benzene rings is 2. The number of ether oxygens (including phenoxy) is 1. The predicted octanol–water partition coefficient (Wildman–Crippen LogP) is 3.76. The molecule has 0 saturated carbocycles. The third-order valence-corrected chi connectivity index (χ3v) is 7.83. The highest BCUT2D eigenvalue weighted by atomic mass is 32.2. The molecule has 3 aromatic rings. The first kappa shape index (κ1) is 19.6. The summed E-state index contributed by atoms with van der Waals surface area (Å²) in [5.74, 6) is 0.0370. The molecule has 0 radical (unpaired) electrons. The highest BCUT2D eigenvalue weighted by Gasteiger charge is 2.32. The molecule has 0 aliphatic carbocycles. The van der Waals surface area contributed by atoms with Crippen LogP contribution in [0.3, 0.4) is 0 Å². The molecule has 2 heterocycles. The highest BCUT2D eigenvalue weighted by Crippen LogP contribution is 2.31. The second-order valence-electron chi connectivity index (χ2n) is 6.63. The number of carbonyl (C=O) groups excluding carboxylic acids is 1. The van der Waals surface area contributed by atoms with E-state index in [-0.39, 0.29) is 9.77 Å². The smallest absolute Gasteiger partial charge is 0.267 e. The van der Waals surface area contributed by atoms with Crippen molar-refractivity contribution in [3.63, 3.8) is 0 Å². The number of anilines is 1. The van der Waals surface area contributed by atoms with E-state index >= 15 is 0 Å². The molecular weight excluding hydrogens is 408 g/mol. The van der Waals surface area contributed by atoms with Crippen molar-refractivity contribution >= 4 is 33.0 Å². The van der Waals surface area contributed by atoms with Crippen LogP contribution in [0.4, 0.5) is 5.69 Å². The van der Waals surface area contributed by atoms with Crippen molar-refractivity contribution in [2.45, 2.75) is 17.9 Å². The minimum absolute atomic E-state index is 0.0364. The zero-order valence-corrected chi connectivity index (χ0v) is 17.4. The van der Waals surface area contributed by atoms with Gasteiger partial charge in [-0.25, -0.2) is 8.42 Å². The molecule has 1 aliphatic rings. The van der Waals surface area contributed by atoms with Crippen molar-refractivity contribution in [2.24, 2.45) is 0 Å². The number of hydrogen-bond acceptors (Lipinski definition) is 5. The van der Waals surface area contributed by atoms with E-state index in [9.17, 15) is 13.2 Å². The van der Waals surface area contributed by atoms with Gasteiger partial charge < -0.3 is 10.1 Å². The van der Waals surface area contributed by atoms with Crippen molar-refractivity contribution in [3.8, 4) is 5.75 Å². The number of rotatable bonds is 5. The number of nitrogens with one attached hydrogen (secondary N) is 1. The van der Waals surface area contributed by atoms with Crippen LogP contribution in [0.1, 0.15) is 20.8 Å². The summed E-state index contributed by atoms with van der Waals surface area (Å²) < 4.78 is 33.3. The fourth-order valence-electron chi connectivity index (χ4n) is 3.41. The minimum atomic E-state index is -3.79. The van der Waals surface area contributed by atoms with Crippen LogP contribution in [-0.4, -0.2) is 32.3 Å². The standard InChI is InChI=1S/C21H20N2O4S2/c1-27-18-9-5-4-8-17(18)22-21(24)20-19(11-13-28-20)29(25,26)23-12-10-15-6-2-3-7-16(15)14-23/h2-9,11,13H,10,12,14H2,1H3,(H,22,24). The van der Waals surface area contributed by atoms with Gasteiger partial charge in [-0.1, -0.05) is 36.4 Å². The van der Waals surface area contributed by atoms with Crippen LogP contribution in [0, 0.1) is 0 Å². The molecule has 0 saturated heterocycles. The largest absolute Gasteiger partial charge is 0.495 e. The van der Waals surface area contributed by atoms with Crippen LogP contribution in [0.25, 0.3) is 0 Å². The second-order valence-corrected chi connectivity index (χ2v) is 9.45. The third kappa shape index (κ3) is 3.78. The van der Waals surface area contributed by atoms with Crippen LogP contribution in [0.5, 0.6) is 5.75 Å². The van der Waals surface area contributed by atoms with Crippen molar-refractivity contribution in [2.75, 3.05) is 19.0 Å². The first-order chi connectivity index (χ1) is 14.0. The van der Waals surface area contributed by atoms with Crippen LogP contribution < -0.4 is 10.1 Å². The van der Waals surface area contributed by atoms with E-state index in [0.717, 1.165) is 16.9 Å². The van der Waals surface area contributed by atoms with E-state index < -0.39 is 15.9 Å². The van der Waals surface area contributed by atoms with Crippen LogP contribution in [0.2, 0.25) is 0 Å². The molecule has 29 heavy (non-hydrogen) atoms. The highest BCUT2D eigenvalue weighted by molar-refractivity contribution is 7.89. The minimum Gasteiger partial charge on any atom is -0.495 e. The Balaban J connectivity index is 1.61. The number of nitrogens with zero attached hydrogens (tertiary/aromatic N) is 1. The Hall–Kier alpha value is -2.68. The normalized spacial score (nSPS) is 14.2. The Bertz CT molecular complexity index is 1150. The molecule has 1 amide bonds. The fraction of sp³-hybridized carbons (Fsp3) is 0.190. The second kappa shape index (κ2) is 7.98. The quantitative estimate of drug-likeness (QED) is 0.671. The van der Waals surface area contributed by atoms with Crippen LogP contribution >= 0.6 is 11.3 Å².